The number of aromatic nitrogens is 5. The smallest absolute Gasteiger partial charge is 0.323 e. The first-order chi connectivity index (χ1) is 15.7. The lowest BCUT2D eigenvalue weighted by Gasteiger charge is -2.35. The van der Waals surface area contributed by atoms with E-state index in [1.165, 1.54) is 6.07 Å². The van der Waals surface area contributed by atoms with Gasteiger partial charge in [0.25, 0.3) is 0 Å². The predicted octanol–water partition coefficient (Wildman–Crippen LogP) is 4.47. The van der Waals surface area contributed by atoms with Crippen molar-refractivity contribution in [2.75, 3.05) is 0 Å². The summed E-state index contributed by atoms with van der Waals surface area (Å²) in [4.78, 5) is 3.71. The molecule has 2 aromatic carbocycles. The summed E-state index contributed by atoms with van der Waals surface area (Å²) in [5.41, 5.74) is -4.95. The normalized spacial score (nSPS) is 13.5. The molecule has 0 bridgehead atoms. The van der Waals surface area contributed by atoms with E-state index in [1.807, 2.05) is 0 Å². The standard InChI is InChI=1S/C21H14ClF4N5O2/c22-13-1-4-15(5-2-13)33-16-6-8-19(27-10-16)21(25,26)20(32,11-31-12-28-29-30-31)17-7-3-14(23)9-18(17)24/h1-10,12,32H,11H2. The van der Waals surface area contributed by atoms with E-state index in [9.17, 15) is 13.9 Å². The van der Waals surface area contributed by atoms with E-state index < -0.39 is 41.0 Å². The molecule has 1 atom stereocenters. The average molecular weight is 480 g/mol. The number of tetrazole rings is 1. The minimum Gasteiger partial charge on any atom is -0.456 e. The average Bonchev–Trinajstić information content (AvgIpc) is 3.28. The Morgan fingerprint density at radius 1 is 1.00 bits per heavy atom. The zero-order valence-electron chi connectivity index (χ0n) is 16.5. The topological polar surface area (TPSA) is 86.0 Å². The summed E-state index contributed by atoms with van der Waals surface area (Å²) < 4.78 is 65.5. The number of aliphatic hydroxyl groups is 1. The van der Waals surface area contributed by atoms with Gasteiger partial charge in [-0.3, -0.25) is 4.98 Å². The molecule has 0 amide bonds. The van der Waals surface area contributed by atoms with Crippen LogP contribution in [0.25, 0.3) is 0 Å². The summed E-state index contributed by atoms with van der Waals surface area (Å²) in [5.74, 6) is -5.99. The molecular weight excluding hydrogens is 466 g/mol. The van der Waals surface area contributed by atoms with Crippen LogP contribution in [0.3, 0.4) is 0 Å². The molecule has 0 aliphatic carbocycles. The second kappa shape index (κ2) is 8.75. The van der Waals surface area contributed by atoms with Gasteiger partial charge in [-0.1, -0.05) is 11.6 Å². The third kappa shape index (κ3) is 4.50. The van der Waals surface area contributed by atoms with Gasteiger partial charge in [-0.25, -0.2) is 13.5 Å². The molecular formula is C21H14ClF4N5O2. The summed E-state index contributed by atoms with van der Waals surface area (Å²) in [7, 11) is 0. The minimum absolute atomic E-state index is 0.133. The fourth-order valence-electron chi connectivity index (χ4n) is 3.14. The Morgan fingerprint density at radius 2 is 1.73 bits per heavy atom. The van der Waals surface area contributed by atoms with Crippen LogP contribution in [-0.2, 0) is 18.1 Å². The third-order valence-corrected chi connectivity index (χ3v) is 5.04. The number of rotatable bonds is 7. The molecule has 7 nitrogen and oxygen atoms in total. The van der Waals surface area contributed by atoms with E-state index in [2.05, 4.69) is 20.5 Å². The fourth-order valence-corrected chi connectivity index (χ4v) is 3.27. The van der Waals surface area contributed by atoms with Crippen LogP contribution < -0.4 is 4.74 Å². The van der Waals surface area contributed by atoms with E-state index in [4.69, 9.17) is 16.3 Å². The Kier molecular flexibility index (Phi) is 6.00. The zero-order chi connectivity index (χ0) is 23.6. The summed E-state index contributed by atoms with van der Waals surface area (Å²) in [6, 6.07) is 10.4. The lowest BCUT2D eigenvalue weighted by atomic mass is 9.84. The van der Waals surface area contributed by atoms with Gasteiger partial charge in [0.15, 0.2) is 5.60 Å². The zero-order valence-corrected chi connectivity index (χ0v) is 17.3. The van der Waals surface area contributed by atoms with Gasteiger partial charge < -0.3 is 9.84 Å². The van der Waals surface area contributed by atoms with E-state index in [0.717, 1.165) is 35.4 Å². The maximum atomic E-state index is 15.7. The number of nitrogens with zero attached hydrogens (tertiary/aromatic N) is 5. The number of pyridine rings is 1. The van der Waals surface area contributed by atoms with Gasteiger partial charge in [0.2, 0.25) is 0 Å². The molecule has 0 spiro atoms. The van der Waals surface area contributed by atoms with Crippen LogP contribution >= 0.6 is 11.6 Å². The molecule has 0 aliphatic heterocycles. The first kappa shape index (κ1) is 22.6. The summed E-state index contributed by atoms with van der Waals surface area (Å²) >= 11 is 5.81. The van der Waals surface area contributed by atoms with Crippen molar-refractivity contribution in [2.24, 2.45) is 0 Å². The first-order valence-electron chi connectivity index (χ1n) is 9.35. The minimum atomic E-state index is -4.16. The molecule has 33 heavy (non-hydrogen) atoms. The van der Waals surface area contributed by atoms with Crippen LogP contribution in [0.5, 0.6) is 11.5 Å². The van der Waals surface area contributed by atoms with Crippen LogP contribution in [-0.4, -0.2) is 30.3 Å². The lowest BCUT2D eigenvalue weighted by Crippen LogP contribution is -2.48. The Labute approximate surface area is 189 Å². The van der Waals surface area contributed by atoms with E-state index in [1.54, 1.807) is 24.3 Å². The summed E-state index contributed by atoms with van der Waals surface area (Å²) in [5, 5.41) is 21.7. The Balaban J connectivity index is 1.70. The van der Waals surface area contributed by atoms with Crippen LogP contribution in [0.1, 0.15) is 11.3 Å². The molecule has 0 saturated heterocycles. The molecule has 0 fully saturated rings. The number of benzene rings is 2. The second-order valence-corrected chi connectivity index (χ2v) is 7.44. The van der Waals surface area contributed by atoms with Crippen molar-refractivity contribution in [3.63, 3.8) is 0 Å². The van der Waals surface area contributed by atoms with Crippen LogP contribution in [0, 0.1) is 11.6 Å². The molecule has 1 unspecified atom stereocenters. The van der Waals surface area contributed by atoms with Gasteiger partial charge in [0.05, 0.1) is 12.7 Å². The first-order valence-corrected chi connectivity index (χ1v) is 9.73. The Morgan fingerprint density at radius 3 is 2.33 bits per heavy atom. The van der Waals surface area contributed by atoms with Crippen LogP contribution in [0.2, 0.25) is 5.02 Å². The van der Waals surface area contributed by atoms with Crippen molar-refractivity contribution in [2.45, 2.75) is 18.1 Å². The van der Waals surface area contributed by atoms with E-state index in [0.29, 0.717) is 16.8 Å². The molecule has 2 heterocycles. The highest BCUT2D eigenvalue weighted by Gasteiger charge is 2.58. The SMILES string of the molecule is OC(Cn1cnnn1)(c1ccc(F)cc1F)C(F)(F)c1ccc(Oc2ccc(Cl)cc2)cn1. The molecule has 2 aromatic heterocycles. The Hall–Kier alpha value is -3.57. The van der Waals surface area contributed by atoms with Crippen molar-refractivity contribution >= 4 is 11.6 Å². The molecule has 0 radical (unpaired) electrons. The van der Waals surface area contributed by atoms with E-state index in [-0.39, 0.29) is 5.75 Å². The third-order valence-electron chi connectivity index (χ3n) is 4.79. The van der Waals surface area contributed by atoms with Gasteiger partial charge in [-0.2, -0.15) is 8.78 Å². The maximum Gasteiger partial charge on any atom is 0.323 e. The highest BCUT2D eigenvalue weighted by atomic mass is 35.5. The lowest BCUT2D eigenvalue weighted by molar-refractivity contribution is -0.207. The van der Waals surface area contributed by atoms with Crippen molar-refractivity contribution in [3.8, 4) is 11.5 Å². The van der Waals surface area contributed by atoms with E-state index >= 15 is 8.78 Å². The molecule has 4 aromatic rings. The highest BCUT2D eigenvalue weighted by Crippen LogP contribution is 2.46. The number of hydrogen-bond donors (Lipinski definition) is 1. The van der Waals surface area contributed by atoms with Gasteiger partial charge >= 0.3 is 5.92 Å². The van der Waals surface area contributed by atoms with Crippen molar-refractivity contribution in [3.05, 3.63) is 95.0 Å². The number of alkyl halides is 2. The Bertz CT molecular complexity index is 1240. The molecule has 170 valence electrons. The van der Waals surface area contributed by atoms with Gasteiger partial charge in [-0.05, 0) is 59.0 Å². The van der Waals surface area contributed by atoms with Crippen molar-refractivity contribution in [1.82, 2.24) is 25.2 Å². The maximum absolute atomic E-state index is 15.7. The van der Waals surface area contributed by atoms with Gasteiger partial charge in [0, 0.05) is 16.7 Å². The number of ether oxygens (including phenoxy) is 1. The van der Waals surface area contributed by atoms with Crippen molar-refractivity contribution in [1.29, 1.82) is 0 Å². The monoisotopic (exact) mass is 479 g/mol. The quantitative estimate of drug-likeness (QED) is 0.394. The van der Waals surface area contributed by atoms with Crippen LogP contribution in [0.15, 0.2) is 67.1 Å². The van der Waals surface area contributed by atoms with Crippen LogP contribution in [0.4, 0.5) is 17.6 Å². The molecule has 1 N–H and O–H groups in total. The predicted molar refractivity (Wildman–Crippen MR) is 108 cm³/mol. The van der Waals surface area contributed by atoms with Gasteiger partial charge in [-0.15, -0.1) is 5.10 Å². The summed E-state index contributed by atoms with van der Waals surface area (Å²) in [6.07, 6.45) is 2.00. The molecule has 12 heteroatoms. The summed E-state index contributed by atoms with van der Waals surface area (Å²) in [6.45, 7) is -0.944. The van der Waals surface area contributed by atoms with Gasteiger partial charge in [0.1, 0.15) is 35.2 Å². The largest absolute Gasteiger partial charge is 0.456 e. The number of halogens is 5. The fraction of sp³-hybridized carbons (Fsp3) is 0.143. The molecule has 0 saturated carbocycles. The van der Waals surface area contributed by atoms with Crippen molar-refractivity contribution < 1.29 is 27.4 Å². The molecule has 4 rings (SSSR count). The second-order valence-electron chi connectivity index (χ2n) is 7.00. The highest BCUT2D eigenvalue weighted by molar-refractivity contribution is 6.30. The number of hydrogen-bond acceptors (Lipinski definition) is 6. The molecule has 0 aliphatic rings.